The van der Waals surface area contributed by atoms with E-state index in [1.165, 1.54) is 60.5 Å². The summed E-state index contributed by atoms with van der Waals surface area (Å²) in [6, 6.07) is 10.0. The number of carbonyl (C=O) groups is 2. The lowest BCUT2D eigenvalue weighted by atomic mass is 10.3. The van der Waals surface area contributed by atoms with Crippen LogP contribution in [-0.4, -0.2) is 46.2 Å². The zero-order valence-electron chi connectivity index (χ0n) is 16.1. The normalized spacial score (nSPS) is 11.1. The fraction of sp³-hybridized carbons (Fsp3) is 0.150. The number of nitrogens with zero attached hydrogens (tertiary/aromatic N) is 3. The summed E-state index contributed by atoms with van der Waals surface area (Å²) in [4.78, 5) is 30.0. The number of imidazole rings is 1. The molecule has 31 heavy (non-hydrogen) atoms. The lowest BCUT2D eigenvalue weighted by Crippen LogP contribution is -2.35. The molecule has 3 aromatic rings. The van der Waals surface area contributed by atoms with E-state index in [0.29, 0.717) is 5.69 Å². The highest BCUT2D eigenvalue weighted by Gasteiger charge is 2.31. The maximum absolute atomic E-state index is 13.1. The number of rotatable bonds is 6. The number of nitrogens with one attached hydrogen (secondary N) is 1. The Kier molecular flexibility index (Phi) is 6.23. The summed E-state index contributed by atoms with van der Waals surface area (Å²) in [5, 5.41) is 2.48. The number of amides is 2. The Balaban J connectivity index is 1.62. The van der Waals surface area contributed by atoms with E-state index in [1.54, 1.807) is 0 Å². The number of likely N-dealkylation sites (N-methyl/N-ethyl adjacent to an activating group) is 1. The number of halogens is 4. The van der Waals surface area contributed by atoms with Crippen molar-refractivity contribution in [3.8, 4) is 11.4 Å². The van der Waals surface area contributed by atoms with Crippen LogP contribution in [0.4, 0.5) is 23.2 Å². The fourth-order valence-corrected chi connectivity index (χ4v) is 2.68. The third-order valence-corrected chi connectivity index (χ3v) is 4.06. The molecule has 162 valence electrons. The highest BCUT2D eigenvalue weighted by Crippen LogP contribution is 2.24. The molecular weight excluding hydrogens is 420 g/mol. The van der Waals surface area contributed by atoms with Gasteiger partial charge in [0.15, 0.2) is 0 Å². The Hall–Kier alpha value is -3.89. The molecule has 0 unspecified atom stereocenters. The van der Waals surface area contributed by atoms with Gasteiger partial charge in [-0.05, 0) is 48.5 Å². The van der Waals surface area contributed by atoms with E-state index in [0.717, 1.165) is 17.0 Å². The first kappa shape index (κ1) is 21.8. The maximum atomic E-state index is 13.1. The molecule has 0 spiro atoms. The summed E-state index contributed by atoms with van der Waals surface area (Å²) >= 11 is 0. The number of carbonyl (C=O) groups excluding carboxylic acids is 2. The highest BCUT2D eigenvalue weighted by atomic mass is 19.4. The molecule has 0 aliphatic heterocycles. The molecule has 2 amide bonds. The smallest absolute Gasteiger partial charge is 0.406 e. The third kappa shape index (κ3) is 5.81. The van der Waals surface area contributed by atoms with E-state index in [-0.39, 0.29) is 17.9 Å². The molecule has 0 fully saturated rings. The number of anilines is 1. The highest BCUT2D eigenvalue weighted by molar-refractivity contribution is 5.98. The molecule has 7 nitrogen and oxygen atoms in total. The average Bonchev–Trinajstić information content (AvgIpc) is 3.18. The van der Waals surface area contributed by atoms with Gasteiger partial charge in [-0.2, -0.15) is 0 Å². The van der Waals surface area contributed by atoms with Gasteiger partial charge in [0.05, 0.1) is 19.1 Å². The third-order valence-electron chi connectivity index (χ3n) is 4.06. The number of aromatic nitrogens is 2. The summed E-state index contributed by atoms with van der Waals surface area (Å²) < 4.78 is 54.9. The number of hydrogen-bond acceptors (Lipinski definition) is 4. The van der Waals surface area contributed by atoms with E-state index in [4.69, 9.17) is 0 Å². The molecule has 0 saturated carbocycles. The van der Waals surface area contributed by atoms with E-state index in [2.05, 4.69) is 15.0 Å². The molecule has 3 rings (SSSR count). The molecule has 0 radical (unpaired) electrons. The lowest BCUT2D eigenvalue weighted by Gasteiger charge is -2.18. The van der Waals surface area contributed by atoms with Crippen molar-refractivity contribution in [2.75, 3.05) is 18.9 Å². The molecule has 0 aliphatic carbocycles. The second-order valence-electron chi connectivity index (χ2n) is 6.41. The van der Waals surface area contributed by atoms with Crippen LogP contribution in [0.2, 0.25) is 0 Å². The van der Waals surface area contributed by atoms with Crippen molar-refractivity contribution < 1.29 is 31.9 Å². The number of ether oxygens (including phenoxy) is 1. The Morgan fingerprint density at radius 2 is 1.74 bits per heavy atom. The second kappa shape index (κ2) is 8.86. The van der Waals surface area contributed by atoms with Gasteiger partial charge in [-0.3, -0.25) is 14.2 Å². The van der Waals surface area contributed by atoms with Crippen LogP contribution in [0.15, 0.2) is 61.1 Å². The van der Waals surface area contributed by atoms with Gasteiger partial charge in [0.2, 0.25) is 5.91 Å². The number of hydrogen-bond donors (Lipinski definition) is 1. The van der Waals surface area contributed by atoms with Crippen molar-refractivity contribution in [2.24, 2.45) is 0 Å². The minimum Gasteiger partial charge on any atom is -0.406 e. The van der Waals surface area contributed by atoms with Crippen LogP contribution in [0.5, 0.6) is 5.75 Å². The molecule has 1 heterocycles. The zero-order valence-corrected chi connectivity index (χ0v) is 16.1. The SMILES string of the molecule is CN(CC(=O)Nc1ccc(OC(F)(F)F)cc1)C(=O)c1cncn1-c1ccc(F)cc1. The van der Waals surface area contributed by atoms with E-state index in [1.807, 2.05) is 0 Å². The standard InChI is InChI=1S/C20H16F4N4O3/c1-27(11-18(29)26-14-4-8-16(9-5-14)31-20(22,23)24)19(30)17-10-25-12-28(17)15-6-2-13(21)3-7-15/h2-10,12H,11H2,1H3,(H,26,29). The molecular formula is C20H16F4N4O3. The summed E-state index contributed by atoms with van der Waals surface area (Å²) in [5.74, 6) is -1.92. The van der Waals surface area contributed by atoms with Gasteiger partial charge in [0.1, 0.15) is 17.3 Å². The Morgan fingerprint density at radius 3 is 2.35 bits per heavy atom. The van der Waals surface area contributed by atoms with Crippen molar-refractivity contribution in [1.29, 1.82) is 0 Å². The van der Waals surface area contributed by atoms with Crippen molar-refractivity contribution in [3.05, 3.63) is 72.6 Å². The minimum absolute atomic E-state index is 0.163. The molecule has 1 N–H and O–H groups in total. The predicted octanol–water partition coefficient (Wildman–Crippen LogP) is 3.62. The Morgan fingerprint density at radius 1 is 1.10 bits per heavy atom. The summed E-state index contributed by atoms with van der Waals surface area (Å²) in [6.07, 6.45) is -2.10. The van der Waals surface area contributed by atoms with Gasteiger partial charge in [-0.15, -0.1) is 13.2 Å². The fourth-order valence-electron chi connectivity index (χ4n) is 2.68. The molecule has 0 saturated heterocycles. The molecule has 1 aromatic heterocycles. The van der Waals surface area contributed by atoms with Crippen LogP contribution in [0.3, 0.4) is 0 Å². The first-order valence-corrected chi connectivity index (χ1v) is 8.82. The average molecular weight is 436 g/mol. The van der Waals surface area contributed by atoms with Gasteiger partial charge in [0, 0.05) is 18.4 Å². The zero-order chi connectivity index (χ0) is 22.6. The molecule has 11 heteroatoms. The van der Waals surface area contributed by atoms with Crippen LogP contribution in [0, 0.1) is 5.82 Å². The minimum atomic E-state index is -4.81. The van der Waals surface area contributed by atoms with Crippen LogP contribution in [0.1, 0.15) is 10.5 Å². The van der Waals surface area contributed by atoms with Crippen LogP contribution >= 0.6 is 0 Å². The largest absolute Gasteiger partial charge is 0.573 e. The van der Waals surface area contributed by atoms with Gasteiger partial charge in [-0.25, -0.2) is 9.37 Å². The summed E-state index contributed by atoms with van der Waals surface area (Å²) in [7, 11) is 1.41. The summed E-state index contributed by atoms with van der Waals surface area (Å²) in [6.45, 7) is -0.325. The Labute approximate surface area is 173 Å². The quantitative estimate of drug-likeness (QED) is 0.599. The molecule has 0 bridgehead atoms. The van der Waals surface area contributed by atoms with Crippen molar-refractivity contribution in [1.82, 2.24) is 14.5 Å². The topological polar surface area (TPSA) is 76.5 Å². The van der Waals surface area contributed by atoms with Crippen LogP contribution < -0.4 is 10.1 Å². The monoisotopic (exact) mass is 436 g/mol. The van der Waals surface area contributed by atoms with Crippen molar-refractivity contribution in [3.63, 3.8) is 0 Å². The first-order chi connectivity index (χ1) is 14.6. The Bertz CT molecular complexity index is 1060. The van der Waals surface area contributed by atoms with Gasteiger partial charge in [0.25, 0.3) is 5.91 Å². The molecule has 0 atom stereocenters. The van der Waals surface area contributed by atoms with Gasteiger partial charge in [-0.1, -0.05) is 0 Å². The first-order valence-electron chi connectivity index (χ1n) is 8.82. The second-order valence-corrected chi connectivity index (χ2v) is 6.41. The molecule has 0 aliphatic rings. The van der Waals surface area contributed by atoms with Gasteiger partial charge < -0.3 is 15.0 Å². The van der Waals surface area contributed by atoms with Crippen molar-refractivity contribution in [2.45, 2.75) is 6.36 Å². The number of alkyl halides is 3. The van der Waals surface area contributed by atoms with Crippen LogP contribution in [0.25, 0.3) is 5.69 Å². The summed E-state index contributed by atoms with van der Waals surface area (Å²) in [5.41, 5.74) is 0.911. The van der Waals surface area contributed by atoms with E-state index >= 15 is 0 Å². The van der Waals surface area contributed by atoms with E-state index in [9.17, 15) is 27.2 Å². The maximum Gasteiger partial charge on any atom is 0.573 e. The van der Waals surface area contributed by atoms with Gasteiger partial charge >= 0.3 is 6.36 Å². The van der Waals surface area contributed by atoms with Crippen molar-refractivity contribution >= 4 is 17.5 Å². The molecule has 2 aromatic carbocycles. The lowest BCUT2D eigenvalue weighted by molar-refractivity contribution is -0.274. The predicted molar refractivity (Wildman–Crippen MR) is 102 cm³/mol. The van der Waals surface area contributed by atoms with Crippen LogP contribution in [-0.2, 0) is 4.79 Å². The van der Waals surface area contributed by atoms with E-state index < -0.39 is 29.7 Å². The number of benzene rings is 2.